The van der Waals surface area contributed by atoms with Crippen LogP contribution >= 0.6 is 27.9 Å². The largest absolute Gasteiger partial charge is 0.340 e. The fraction of sp³-hybridized carbons (Fsp3) is 0.280. The van der Waals surface area contributed by atoms with Crippen molar-refractivity contribution in [3.8, 4) is 11.3 Å². The Morgan fingerprint density at radius 3 is 2.45 bits per heavy atom. The Kier molecular flexibility index (Phi) is 9.75. The second-order valence-electron chi connectivity index (χ2n) is 7.42. The Morgan fingerprint density at radius 1 is 1.03 bits per heavy atom. The maximum absolute atomic E-state index is 4.78. The van der Waals surface area contributed by atoms with E-state index in [2.05, 4.69) is 86.5 Å². The lowest BCUT2D eigenvalue weighted by atomic mass is 10.1. The molecule has 2 aromatic carbocycles. The summed E-state index contributed by atoms with van der Waals surface area (Å²) in [5, 5.41) is 7.96. The highest BCUT2D eigenvalue weighted by Gasteiger charge is 2.12. The minimum Gasteiger partial charge on any atom is -0.340 e. The number of aromatic nitrogens is 3. The number of hydrogen-bond donors (Lipinski definition) is 2. The number of anilines is 2. The van der Waals surface area contributed by atoms with E-state index in [0.29, 0.717) is 0 Å². The molecule has 0 aliphatic heterocycles. The van der Waals surface area contributed by atoms with E-state index >= 15 is 0 Å². The number of fused-ring (bicyclic) bond motifs is 1. The first-order chi connectivity index (χ1) is 16.1. The third-order valence-electron chi connectivity index (χ3n) is 4.70. The zero-order valence-corrected chi connectivity index (χ0v) is 21.9. The van der Waals surface area contributed by atoms with E-state index in [1.54, 1.807) is 18.1 Å². The van der Waals surface area contributed by atoms with Crippen LogP contribution in [-0.4, -0.2) is 46.7 Å². The molecule has 0 unspecified atom stereocenters. The highest BCUT2D eigenvalue weighted by molar-refractivity contribution is 9.10. The van der Waals surface area contributed by atoms with Gasteiger partial charge in [0.2, 0.25) is 0 Å². The molecule has 0 bridgehead atoms. The molecule has 0 aliphatic carbocycles. The molecule has 8 heteroatoms. The van der Waals surface area contributed by atoms with Gasteiger partial charge in [-0.2, -0.15) is 9.61 Å². The molecule has 6 nitrogen and oxygen atoms in total. The summed E-state index contributed by atoms with van der Waals surface area (Å²) in [6, 6.07) is 20.6. The van der Waals surface area contributed by atoms with Crippen LogP contribution < -0.4 is 10.0 Å². The Labute approximate surface area is 209 Å². The quantitative estimate of drug-likeness (QED) is 0.192. The van der Waals surface area contributed by atoms with Crippen LogP contribution in [0.25, 0.3) is 16.9 Å². The summed E-state index contributed by atoms with van der Waals surface area (Å²) in [4.78, 5) is 8.16. The Hall–Kier alpha value is -2.39. The van der Waals surface area contributed by atoms with Crippen molar-refractivity contribution in [1.29, 1.82) is 0 Å². The van der Waals surface area contributed by atoms with Gasteiger partial charge in [-0.1, -0.05) is 44.2 Å². The molecule has 33 heavy (non-hydrogen) atoms. The van der Waals surface area contributed by atoms with Crippen molar-refractivity contribution in [3.63, 3.8) is 0 Å². The lowest BCUT2D eigenvalue weighted by Gasteiger charge is -2.12. The number of nitrogens with one attached hydrogen (secondary N) is 2. The van der Waals surface area contributed by atoms with E-state index in [4.69, 9.17) is 4.98 Å². The normalized spacial score (nSPS) is 10.8. The summed E-state index contributed by atoms with van der Waals surface area (Å²) >= 11 is 5.22. The van der Waals surface area contributed by atoms with Gasteiger partial charge in [0, 0.05) is 28.8 Å². The average Bonchev–Trinajstić information content (AvgIpc) is 3.22. The standard InChI is InChI=1S/C23H25BrN6S.C2H6/c1-29(2)14-6-13-26-31-19-11-9-18(10-12-19)27-22-15-21(17-7-4-3-5-8-17)28-23-20(24)16-25-30(22)23;1-2/h3-5,7-12,15-16,26-27H,6,13-14H2,1-2H3;1-2H3. The van der Waals surface area contributed by atoms with Crippen molar-refractivity contribution < 1.29 is 0 Å². The lowest BCUT2D eigenvalue weighted by Crippen LogP contribution is -2.17. The molecule has 0 saturated carbocycles. The van der Waals surface area contributed by atoms with Gasteiger partial charge in [0.25, 0.3) is 0 Å². The molecular formula is C25H31BrN6S. The third kappa shape index (κ3) is 7.04. The van der Waals surface area contributed by atoms with Crippen LogP contribution in [0.15, 0.2) is 76.2 Å². The second-order valence-corrected chi connectivity index (χ2v) is 9.24. The Bertz CT molecular complexity index is 1130. The van der Waals surface area contributed by atoms with Crippen molar-refractivity contribution in [2.45, 2.75) is 25.2 Å². The maximum Gasteiger partial charge on any atom is 0.172 e. The first kappa shape index (κ1) is 25.2. The van der Waals surface area contributed by atoms with Crippen molar-refractivity contribution in [3.05, 3.63) is 71.3 Å². The number of rotatable bonds is 9. The minimum absolute atomic E-state index is 0.776. The summed E-state index contributed by atoms with van der Waals surface area (Å²) in [5.74, 6) is 0.858. The second kappa shape index (κ2) is 12.7. The number of benzene rings is 2. The smallest absolute Gasteiger partial charge is 0.172 e. The summed E-state index contributed by atoms with van der Waals surface area (Å²) in [6.07, 6.45) is 2.89. The summed E-state index contributed by atoms with van der Waals surface area (Å²) in [6.45, 7) is 6.07. The molecule has 0 aliphatic rings. The predicted octanol–water partition coefficient (Wildman–Crippen LogP) is 6.48. The molecule has 0 atom stereocenters. The van der Waals surface area contributed by atoms with Crippen LogP contribution in [0.1, 0.15) is 20.3 Å². The van der Waals surface area contributed by atoms with Gasteiger partial charge < -0.3 is 10.2 Å². The van der Waals surface area contributed by atoms with Gasteiger partial charge in [-0.15, -0.1) is 0 Å². The molecule has 4 aromatic rings. The fourth-order valence-electron chi connectivity index (χ4n) is 3.14. The Balaban J connectivity index is 0.00000149. The molecule has 0 radical (unpaired) electrons. The lowest BCUT2D eigenvalue weighted by molar-refractivity contribution is 0.401. The molecule has 2 heterocycles. The average molecular weight is 528 g/mol. The van der Waals surface area contributed by atoms with Gasteiger partial charge in [0.05, 0.1) is 16.4 Å². The van der Waals surface area contributed by atoms with Gasteiger partial charge in [0.1, 0.15) is 5.82 Å². The number of nitrogens with zero attached hydrogens (tertiary/aromatic N) is 4. The fourth-order valence-corrected chi connectivity index (χ4v) is 4.17. The van der Waals surface area contributed by atoms with Gasteiger partial charge in [-0.05, 0) is 79.2 Å². The Morgan fingerprint density at radius 2 is 1.76 bits per heavy atom. The maximum atomic E-state index is 4.78. The first-order valence-corrected chi connectivity index (χ1v) is 12.7. The molecule has 0 saturated heterocycles. The van der Waals surface area contributed by atoms with Crippen LogP contribution in [0.2, 0.25) is 0 Å². The van der Waals surface area contributed by atoms with Gasteiger partial charge in [-0.3, -0.25) is 4.72 Å². The number of hydrogen-bond acceptors (Lipinski definition) is 6. The van der Waals surface area contributed by atoms with E-state index in [9.17, 15) is 0 Å². The summed E-state index contributed by atoms with van der Waals surface area (Å²) in [7, 11) is 4.19. The number of halogens is 1. The minimum atomic E-state index is 0.776. The molecule has 2 N–H and O–H groups in total. The van der Waals surface area contributed by atoms with E-state index in [0.717, 1.165) is 52.4 Å². The molecule has 0 fully saturated rings. The van der Waals surface area contributed by atoms with Crippen LogP contribution in [0, 0.1) is 0 Å². The van der Waals surface area contributed by atoms with Crippen molar-refractivity contribution in [2.24, 2.45) is 0 Å². The van der Waals surface area contributed by atoms with Crippen LogP contribution in [0.4, 0.5) is 11.5 Å². The van der Waals surface area contributed by atoms with Crippen LogP contribution in [0.3, 0.4) is 0 Å². The van der Waals surface area contributed by atoms with Gasteiger partial charge in [0.15, 0.2) is 5.65 Å². The van der Waals surface area contributed by atoms with Gasteiger partial charge in [-0.25, -0.2) is 4.98 Å². The molecule has 174 valence electrons. The topological polar surface area (TPSA) is 57.5 Å². The molecule has 0 spiro atoms. The first-order valence-electron chi connectivity index (χ1n) is 11.1. The highest BCUT2D eigenvalue weighted by atomic mass is 79.9. The SMILES string of the molecule is CC.CN(C)CCCNSc1ccc(Nc2cc(-c3ccccc3)nc3c(Br)cnn23)cc1. The highest BCUT2D eigenvalue weighted by Crippen LogP contribution is 2.28. The molecule has 4 rings (SSSR count). The molecular weight excluding hydrogens is 496 g/mol. The predicted molar refractivity (Wildman–Crippen MR) is 144 cm³/mol. The zero-order chi connectivity index (χ0) is 23.6. The van der Waals surface area contributed by atoms with Crippen molar-refractivity contribution in [2.75, 3.05) is 32.5 Å². The van der Waals surface area contributed by atoms with Crippen LogP contribution in [-0.2, 0) is 0 Å². The third-order valence-corrected chi connectivity index (χ3v) is 6.11. The summed E-state index contributed by atoms with van der Waals surface area (Å²) in [5.41, 5.74) is 3.73. The van der Waals surface area contributed by atoms with Crippen molar-refractivity contribution in [1.82, 2.24) is 24.2 Å². The van der Waals surface area contributed by atoms with Crippen LogP contribution in [0.5, 0.6) is 0 Å². The van der Waals surface area contributed by atoms with Crippen molar-refractivity contribution >= 4 is 45.0 Å². The molecule has 0 amide bonds. The van der Waals surface area contributed by atoms with E-state index in [1.807, 2.05) is 42.6 Å². The van der Waals surface area contributed by atoms with E-state index in [1.165, 1.54) is 4.90 Å². The zero-order valence-electron chi connectivity index (χ0n) is 19.5. The molecule has 2 aromatic heterocycles. The summed E-state index contributed by atoms with van der Waals surface area (Å²) < 4.78 is 6.09. The van der Waals surface area contributed by atoms with Gasteiger partial charge >= 0.3 is 0 Å². The van der Waals surface area contributed by atoms with E-state index in [-0.39, 0.29) is 0 Å². The van der Waals surface area contributed by atoms with E-state index < -0.39 is 0 Å². The monoisotopic (exact) mass is 526 g/mol.